The van der Waals surface area contributed by atoms with Crippen LogP contribution in [0, 0.1) is 13.8 Å². The minimum atomic E-state index is -1.53. The Hall–Kier alpha value is -1.26. The van der Waals surface area contributed by atoms with Gasteiger partial charge in [0, 0.05) is 5.56 Å². The van der Waals surface area contributed by atoms with Crippen molar-refractivity contribution in [1.29, 1.82) is 0 Å². The van der Waals surface area contributed by atoms with Gasteiger partial charge in [-0.2, -0.15) is 0 Å². The number of halogens is 1. The first-order chi connectivity index (χ1) is 7.40. The van der Waals surface area contributed by atoms with E-state index in [4.69, 9.17) is 11.6 Å². The van der Waals surface area contributed by atoms with Crippen molar-refractivity contribution in [3.8, 4) is 5.75 Å². The molecule has 1 atom stereocenters. The molecule has 0 fully saturated rings. The van der Waals surface area contributed by atoms with Crippen LogP contribution in [-0.2, 0) is 9.53 Å². The minimum absolute atomic E-state index is 0.0555. The van der Waals surface area contributed by atoms with Crippen LogP contribution < -0.4 is 0 Å². The van der Waals surface area contributed by atoms with E-state index in [1.807, 2.05) is 0 Å². The lowest BCUT2D eigenvalue weighted by atomic mass is 10.0. The number of benzene rings is 1. The molecule has 0 saturated carbocycles. The Labute approximate surface area is 98.4 Å². The monoisotopic (exact) mass is 244 g/mol. The van der Waals surface area contributed by atoms with Gasteiger partial charge >= 0.3 is 5.97 Å². The summed E-state index contributed by atoms with van der Waals surface area (Å²) in [6.45, 7) is 3.51. The molecule has 0 aliphatic rings. The average Bonchev–Trinajstić information content (AvgIpc) is 2.29. The van der Waals surface area contributed by atoms with Crippen LogP contribution in [0.5, 0.6) is 5.75 Å². The number of ether oxygens (including phenoxy) is 1. The van der Waals surface area contributed by atoms with Crippen LogP contribution in [0.3, 0.4) is 0 Å². The van der Waals surface area contributed by atoms with E-state index in [0.717, 1.165) is 12.7 Å². The average molecular weight is 245 g/mol. The number of aryl methyl sites for hydroxylation is 1. The van der Waals surface area contributed by atoms with E-state index in [1.54, 1.807) is 13.8 Å². The smallest absolute Gasteiger partial charge is 0.339 e. The van der Waals surface area contributed by atoms with E-state index in [-0.39, 0.29) is 16.3 Å². The summed E-state index contributed by atoms with van der Waals surface area (Å²) in [5.74, 6) is -1.13. The zero-order valence-electron chi connectivity index (χ0n) is 9.24. The number of rotatable bonds is 2. The highest BCUT2D eigenvalue weighted by Crippen LogP contribution is 2.36. The Balaban J connectivity index is 3.30. The summed E-state index contributed by atoms with van der Waals surface area (Å²) >= 11 is 5.87. The summed E-state index contributed by atoms with van der Waals surface area (Å²) in [6, 6.07) is 1.51. The van der Waals surface area contributed by atoms with Crippen molar-refractivity contribution in [1.82, 2.24) is 0 Å². The lowest BCUT2D eigenvalue weighted by Crippen LogP contribution is -2.14. The highest BCUT2D eigenvalue weighted by atomic mass is 35.5. The molecule has 0 radical (unpaired) electrons. The molecule has 1 unspecified atom stereocenters. The topological polar surface area (TPSA) is 66.8 Å². The van der Waals surface area contributed by atoms with Crippen LogP contribution in [0.4, 0.5) is 0 Å². The number of aliphatic hydroxyl groups excluding tert-OH is 1. The van der Waals surface area contributed by atoms with Gasteiger partial charge in [0.25, 0.3) is 0 Å². The molecule has 4 nitrogen and oxygen atoms in total. The van der Waals surface area contributed by atoms with E-state index in [2.05, 4.69) is 4.74 Å². The van der Waals surface area contributed by atoms with Crippen molar-refractivity contribution >= 4 is 17.6 Å². The molecule has 0 aliphatic carbocycles. The highest BCUT2D eigenvalue weighted by molar-refractivity contribution is 6.33. The van der Waals surface area contributed by atoms with Crippen molar-refractivity contribution in [2.24, 2.45) is 0 Å². The molecule has 1 aromatic rings. The summed E-state index contributed by atoms with van der Waals surface area (Å²) in [6.07, 6.45) is -1.53. The molecule has 0 spiro atoms. The molecule has 5 heteroatoms. The third kappa shape index (κ3) is 2.13. The molecule has 1 aromatic carbocycles. The largest absolute Gasteiger partial charge is 0.506 e. The zero-order valence-corrected chi connectivity index (χ0v) is 10.00. The van der Waals surface area contributed by atoms with Gasteiger partial charge in [-0.05, 0) is 31.0 Å². The third-order valence-corrected chi connectivity index (χ3v) is 2.96. The van der Waals surface area contributed by atoms with Gasteiger partial charge in [0.15, 0.2) is 6.10 Å². The van der Waals surface area contributed by atoms with Crippen molar-refractivity contribution in [3.05, 3.63) is 27.8 Å². The van der Waals surface area contributed by atoms with Gasteiger partial charge in [-0.3, -0.25) is 0 Å². The van der Waals surface area contributed by atoms with Gasteiger partial charge in [-0.15, -0.1) is 0 Å². The number of carbonyl (C=O) groups is 1. The van der Waals surface area contributed by atoms with Crippen LogP contribution in [0.15, 0.2) is 6.07 Å². The maximum Gasteiger partial charge on any atom is 0.339 e. The first kappa shape index (κ1) is 12.8. The summed E-state index contributed by atoms with van der Waals surface area (Å²) in [4.78, 5) is 11.1. The molecule has 2 N–H and O–H groups in total. The molecule has 0 heterocycles. The van der Waals surface area contributed by atoms with Crippen LogP contribution in [-0.4, -0.2) is 23.3 Å². The van der Waals surface area contributed by atoms with Gasteiger partial charge in [-0.1, -0.05) is 11.6 Å². The summed E-state index contributed by atoms with van der Waals surface area (Å²) in [7, 11) is 1.16. The fraction of sp³-hybridized carbons (Fsp3) is 0.364. The van der Waals surface area contributed by atoms with Crippen LogP contribution in [0.2, 0.25) is 5.02 Å². The van der Waals surface area contributed by atoms with Crippen molar-refractivity contribution < 1.29 is 19.7 Å². The first-order valence-electron chi connectivity index (χ1n) is 4.64. The summed E-state index contributed by atoms with van der Waals surface area (Å²) in [5.41, 5.74) is 1.54. The SMILES string of the molecule is COC(=O)C(O)c1cc(C)c(C)c(Cl)c1O. The van der Waals surface area contributed by atoms with Crippen LogP contribution >= 0.6 is 11.6 Å². The second-order valence-corrected chi connectivity index (χ2v) is 3.87. The van der Waals surface area contributed by atoms with Gasteiger partial charge in [0.1, 0.15) is 5.75 Å². The molecule has 0 amide bonds. The van der Waals surface area contributed by atoms with Gasteiger partial charge in [0.2, 0.25) is 0 Å². The molecule has 0 aliphatic heterocycles. The lowest BCUT2D eigenvalue weighted by Gasteiger charge is -2.14. The Morgan fingerprint density at radius 2 is 2.06 bits per heavy atom. The Bertz CT molecular complexity index is 428. The van der Waals surface area contributed by atoms with Gasteiger partial charge in [0.05, 0.1) is 12.1 Å². The van der Waals surface area contributed by atoms with E-state index in [9.17, 15) is 15.0 Å². The fourth-order valence-electron chi connectivity index (χ4n) is 1.33. The van der Waals surface area contributed by atoms with Crippen molar-refractivity contribution in [2.45, 2.75) is 20.0 Å². The highest BCUT2D eigenvalue weighted by Gasteiger charge is 2.24. The number of phenolic OH excluding ortho intramolecular Hbond substituents is 1. The van der Waals surface area contributed by atoms with E-state index >= 15 is 0 Å². The normalized spacial score (nSPS) is 12.3. The molecule has 1 rings (SSSR count). The molecular formula is C11H13ClO4. The van der Waals surface area contributed by atoms with Crippen molar-refractivity contribution in [2.75, 3.05) is 7.11 Å². The maximum atomic E-state index is 11.1. The zero-order chi connectivity index (χ0) is 12.5. The predicted molar refractivity (Wildman–Crippen MR) is 59.6 cm³/mol. The summed E-state index contributed by atoms with van der Waals surface area (Å²) < 4.78 is 4.39. The van der Waals surface area contributed by atoms with Gasteiger partial charge < -0.3 is 14.9 Å². The number of hydrogen-bond acceptors (Lipinski definition) is 4. The second-order valence-electron chi connectivity index (χ2n) is 3.50. The van der Waals surface area contributed by atoms with Crippen molar-refractivity contribution in [3.63, 3.8) is 0 Å². The number of hydrogen-bond donors (Lipinski definition) is 2. The summed E-state index contributed by atoms with van der Waals surface area (Å²) in [5, 5.41) is 19.5. The number of methoxy groups -OCH3 is 1. The molecule has 0 aromatic heterocycles. The molecule has 0 saturated heterocycles. The Morgan fingerprint density at radius 3 is 2.56 bits per heavy atom. The Morgan fingerprint density at radius 1 is 1.50 bits per heavy atom. The number of esters is 1. The standard InChI is InChI=1S/C11H13ClO4/c1-5-4-7(10(14)11(15)16-3)9(13)8(12)6(5)2/h4,10,13-14H,1-3H3. The van der Waals surface area contributed by atoms with E-state index < -0.39 is 12.1 Å². The molecular weight excluding hydrogens is 232 g/mol. The van der Waals surface area contributed by atoms with E-state index in [0.29, 0.717) is 5.56 Å². The minimum Gasteiger partial charge on any atom is -0.506 e. The van der Waals surface area contributed by atoms with E-state index in [1.165, 1.54) is 6.07 Å². The molecule has 16 heavy (non-hydrogen) atoms. The third-order valence-electron chi connectivity index (χ3n) is 2.49. The fourth-order valence-corrected chi connectivity index (χ4v) is 1.59. The number of phenols is 1. The maximum absolute atomic E-state index is 11.1. The lowest BCUT2D eigenvalue weighted by molar-refractivity contribution is -0.150. The quantitative estimate of drug-likeness (QED) is 0.780. The first-order valence-corrected chi connectivity index (χ1v) is 5.02. The van der Waals surface area contributed by atoms with Crippen LogP contribution in [0.1, 0.15) is 22.8 Å². The second kappa shape index (κ2) is 4.72. The predicted octanol–water partition coefficient (Wildman–Crippen LogP) is 1.87. The number of aromatic hydroxyl groups is 1. The van der Waals surface area contributed by atoms with Gasteiger partial charge in [-0.25, -0.2) is 4.79 Å². The number of aliphatic hydroxyl groups is 1. The van der Waals surface area contributed by atoms with Crippen LogP contribution in [0.25, 0.3) is 0 Å². The number of carbonyl (C=O) groups excluding carboxylic acids is 1. The molecule has 0 bridgehead atoms. The molecule has 88 valence electrons. The Kier molecular flexibility index (Phi) is 3.78.